The molecule has 0 saturated carbocycles. The number of hydrogen-bond donors (Lipinski definition) is 0. The van der Waals surface area contributed by atoms with E-state index in [-0.39, 0.29) is 5.69 Å². The topological polar surface area (TPSA) is 60.9 Å². The third-order valence-electron chi connectivity index (χ3n) is 2.62. The van der Waals surface area contributed by atoms with E-state index in [1.165, 1.54) is 23.1 Å². The molecule has 0 N–H and O–H groups in total. The molecule has 0 fully saturated rings. The van der Waals surface area contributed by atoms with Crippen molar-refractivity contribution in [2.45, 2.75) is 0 Å². The summed E-state index contributed by atoms with van der Waals surface area (Å²) < 4.78 is 19.9. The number of hydrogen-bond acceptors (Lipinski definition) is 4. The van der Waals surface area contributed by atoms with Crippen LogP contribution in [0, 0.1) is 5.82 Å². The van der Waals surface area contributed by atoms with Gasteiger partial charge in [-0.3, -0.25) is 4.79 Å². The molecule has 3 aromatic rings. The fourth-order valence-electron chi connectivity index (χ4n) is 1.81. The van der Waals surface area contributed by atoms with Crippen LogP contribution in [0.4, 0.5) is 4.39 Å². The average molecular weight is 257 g/mol. The normalized spacial score (nSPS) is 10.6. The summed E-state index contributed by atoms with van der Waals surface area (Å²) in [5, 5.41) is 7.62. The highest BCUT2D eigenvalue weighted by atomic mass is 19.1. The van der Waals surface area contributed by atoms with Crippen LogP contribution in [0.1, 0.15) is 10.5 Å². The Morgan fingerprint density at radius 1 is 1.26 bits per heavy atom. The molecule has 0 aliphatic carbocycles. The Balaban J connectivity index is 2.23. The Labute approximate surface area is 107 Å². The third kappa shape index (κ3) is 1.93. The predicted octanol–water partition coefficient (Wildman–Crippen LogP) is 2.48. The highest BCUT2D eigenvalue weighted by Gasteiger charge is 2.18. The van der Waals surface area contributed by atoms with Crippen molar-refractivity contribution in [1.82, 2.24) is 15.0 Å². The van der Waals surface area contributed by atoms with Gasteiger partial charge in [-0.05, 0) is 30.3 Å². The van der Waals surface area contributed by atoms with Gasteiger partial charge in [-0.15, -0.1) is 5.10 Å². The van der Waals surface area contributed by atoms with Gasteiger partial charge >= 0.3 is 0 Å². The quantitative estimate of drug-likeness (QED) is 0.676. The molecule has 0 radical (unpaired) electrons. The van der Waals surface area contributed by atoms with Gasteiger partial charge in [0, 0.05) is 0 Å². The van der Waals surface area contributed by atoms with E-state index in [9.17, 15) is 9.18 Å². The lowest BCUT2D eigenvalue weighted by Gasteiger charge is -2.04. The molecule has 0 aliphatic rings. The minimum Gasteiger partial charge on any atom is -0.463 e. The van der Waals surface area contributed by atoms with Gasteiger partial charge in [-0.2, -0.15) is 0 Å². The van der Waals surface area contributed by atoms with E-state index < -0.39 is 5.82 Å². The standard InChI is InChI=1S/C13H8FN3O2/c14-9-3-1-4-10(7-9)17-13(11(8-18)15-16-17)12-5-2-6-19-12/h1-8H. The molecule has 0 aliphatic heterocycles. The van der Waals surface area contributed by atoms with Crippen molar-refractivity contribution in [1.29, 1.82) is 0 Å². The lowest BCUT2D eigenvalue weighted by molar-refractivity contribution is 0.111. The molecule has 0 unspecified atom stereocenters. The van der Waals surface area contributed by atoms with Crippen LogP contribution in [-0.2, 0) is 0 Å². The van der Waals surface area contributed by atoms with Crippen molar-refractivity contribution in [2.75, 3.05) is 0 Å². The summed E-state index contributed by atoms with van der Waals surface area (Å²) in [5.41, 5.74) is 0.997. The van der Waals surface area contributed by atoms with Crippen LogP contribution < -0.4 is 0 Å². The van der Waals surface area contributed by atoms with Crippen molar-refractivity contribution in [2.24, 2.45) is 0 Å². The lowest BCUT2D eigenvalue weighted by atomic mass is 10.2. The molecule has 19 heavy (non-hydrogen) atoms. The van der Waals surface area contributed by atoms with Crippen molar-refractivity contribution in [3.8, 4) is 17.1 Å². The van der Waals surface area contributed by atoms with Crippen molar-refractivity contribution < 1.29 is 13.6 Å². The van der Waals surface area contributed by atoms with Gasteiger partial charge < -0.3 is 4.42 Å². The first-order valence-electron chi connectivity index (χ1n) is 5.50. The summed E-state index contributed by atoms with van der Waals surface area (Å²) in [7, 11) is 0. The molecule has 2 aromatic heterocycles. The molecule has 2 heterocycles. The summed E-state index contributed by atoms with van der Waals surface area (Å²) in [5.74, 6) is 0.0439. The predicted molar refractivity (Wildman–Crippen MR) is 64.4 cm³/mol. The molecule has 0 atom stereocenters. The number of aldehydes is 1. The molecular weight excluding hydrogens is 249 g/mol. The number of nitrogens with zero attached hydrogens (tertiary/aromatic N) is 3. The summed E-state index contributed by atoms with van der Waals surface area (Å²) in [6.07, 6.45) is 2.06. The fourth-order valence-corrected chi connectivity index (χ4v) is 1.81. The minimum absolute atomic E-state index is 0.138. The zero-order valence-electron chi connectivity index (χ0n) is 9.65. The van der Waals surface area contributed by atoms with Crippen LogP contribution in [0.3, 0.4) is 0 Å². The Kier molecular flexibility index (Phi) is 2.68. The number of benzene rings is 1. The Morgan fingerprint density at radius 3 is 2.84 bits per heavy atom. The van der Waals surface area contributed by atoms with E-state index >= 15 is 0 Å². The van der Waals surface area contributed by atoms with Crippen LogP contribution in [0.2, 0.25) is 0 Å². The number of carbonyl (C=O) groups excluding carboxylic acids is 1. The van der Waals surface area contributed by atoms with Gasteiger partial charge in [-0.1, -0.05) is 11.3 Å². The van der Waals surface area contributed by atoms with E-state index in [0.29, 0.717) is 23.4 Å². The maximum Gasteiger partial charge on any atom is 0.172 e. The molecule has 1 aromatic carbocycles. The fraction of sp³-hybridized carbons (Fsp3) is 0. The second-order valence-corrected chi connectivity index (χ2v) is 3.81. The van der Waals surface area contributed by atoms with Crippen LogP contribution in [-0.4, -0.2) is 21.3 Å². The monoisotopic (exact) mass is 257 g/mol. The van der Waals surface area contributed by atoms with Gasteiger partial charge in [0.1, 0.15) is 11.5 Å². The second kappa shape index (κ2) is 4.49. The van der Waals surface area contributed by atoms with Crippen molar-refractivity contribution in [3.05, 3.63) is 54.2 Å². The molecule has 5 nitrogen and oxygen atoms in total. The van der Waals surface area contributed by atoms with Gasteiger partial charge in [0.15, 0.2) is 17.7 Å². The summed E-state index contributed by atoms with van der Waals surface area (Å²) in [6, 6.07) is 9.22. The number of aromatic nitrogens is 3. The van der Waals surface area contributed by atoms with Gasteiger partial charge in [0.05, 0.1) is 12.0 Å². The van der Waals surface area contributed by atoms with E-state index in [4.69, 9.17) is 4.42 Å². The van der Waals surface area contributed by atoms with E-state index in [2.05, 4.69) is 10.3 Å². The number of rotatable bonds is 3. The van der Waals surface area contributed by atoms with Gasteiger partial charge in [0.2, 0.25) is 0 Å². The molecular formula is C13H8FN3O2. The molecule has 0 amide bonds. The minimum atomic E-state index is -0.397. The van der Waals surface area contributed by atoms with Crippen LogP contribution in [0.15, 0.2) is 47.1 Å². The zero-order chi connectivity index (χ0) is 13.2. The molecule has 0 bridgehead atoms. The smallest absolute Gasteiger partial charge is 0.172 e. The molecule has 0 spiro atoms. The van der Waals surface area contributed by atoms with Crippen LogP contribution >= 0.6 is 0 Å². The summed E-state index contributed by atoms with van der Waals surface area (Å²) in [4.78, 5) is 11.0. The maximum atomic E-state index is 13.3. The first kappa shape index (κ1) is 11.3. The molecule has 94 valence electrons. The van der Waals surface area contributed by atoms with Crippen molar-refractivity contribution >= 4 is 6.29 Å². The lowest BCUT2D eigenvalue weighted by Crippen LogP contribution is -2.00. The zero-order valence-corrected chi connectivity index (χ0v) is 9.65. The number of carbonyl (C=O) groups is 1. The SMILES string of the molecule is O=Cc1nnn(-c2cccc(F)c2)c1-c1ccco1. The van der Waals surface area contributed by atoms with Crippen molar-refractivity contribution in [3.63, 3.8) is 0 Å². The van der Waals surface area contributed by atoms with E-state index in [1.54, 1.807) is 24.3 Å². The number of furan rings is 1. The largest absolute Gasteiger partial charge is 0.463 e. The number of halogens is 1. The summed E-state index contributed by atoms with van der Waals surface area (Å²) >= 11 is 0. The van der Waals surface area contributed by atoms with Crippen LogP contribution in [0.5, 0.6) is 0 Å². The Morgan fingerprint density at radius 2 is 2.16 bits per heavy atom. The molecule has 0 saturated heterocycles. The molecule has 3 rings (SSSR count). The third-order valence-corrected chi connectivity index (χ3v) is 2.62. The second-order valence-electron chi connectivity index (χ2n) is 3.81. The van der Waals surface area contributed by atoms with E-state index in [1.807, 2.05) is 0 Å². The average Bonchev–Trinajstić information content (AvgIpc) is 3.07. The van der Waals surface area contributed by atoms with Crippen LogP contribution in [0.25, 0.3) is 17.1 Å². The van der Waals surface area contributed by atoms with E-state index in [0.717, 1.165) is 0 Å². The summed E-state index contributed by atoms with van der Waals surface area (Å²) in [6.45, 7) is 0. The molecule has 6 heteroatoms. The van der Waals surface area contributed by atoms with Gasteiger partial charge in [0.25, 0.3) is 0 Å². The maximum absolute atomic E-state index is 13.3. The highest BCUT2D eigenvalue weighted by Crippen LogP contribution is 2.24. The van der Waals surface area contributed by atoms with Gasteiger partial charge in [-0.25, -0.2) is 9.07 Å². The Bertz CT molecular complexity index is 719. The first-order chi connectivity index (χ1) is 9.29. The Hall–Kier alpha value is -2.76. The highest BCUT2D eigenvalue weighted by molar-refractivity contribution is 5.82. The first-order valence-corrected chi connectivity index (χ1v) is 5.50.